The summed E-state index contributed by atoms with van der Waals surface area (Å²) >= 11 is 0. The smallest absolute Gasteiger partial charge is 0.223 e. The molecular weight excluding hydrogens is 284 g/mol. The molecule has 0 radical (unpaired) electrons. The van der Waals surface area contributed by atoms with Crippen molar-refractivity contribution in [2.75, 3.05) is 26.2 Å². The molecule has 1 amide bonds. The third kappa shape index (κ3) is 3.41. The highest BCUT2D eigenvalue weighted by Crippen LogP contribution is 2.29. The van der Waals surface area contributed by atoms with Gasteiger partial charge in [0.1, 0.15) is 0 Å². The lowest BCUT2D eigenvalue weighted by atomic mass is 9.93. The third-order valence-electron chi connectivity index (χ3n) is 4.94. The number of carbonyl (C=O) groups is 1. The van der Waals surface area contributed by atoms with Gasteiger partial charge in [-0.2, -0.15) is 0 Å². The topological polar surface area (TPSA) is 32.3 Å². The van der Waals surface area contributed by atoms with Crippen molar-refractivity contribution in [3.05, 3.63) is 35.4 Å². The fourth-order valence-electron chi connectivity index (χ4n) is 3.70. The van der Waals surface area contributed by atoms with Crippen molar-refractivity contribution in [2.45, 2.75) is 26.2 Å². The highest BCUT2D eigenvalue weighted by Gasteiger charge is 2.38. The van der Waals surface area contributed by atoms with Crippen LogP contribution in [0.25, 0.3) is 0 Å². The maximum Gasteiger partial charge on any atom is 0.223 e. The number of carbonyl (C=O) groups excluding carboxylic acids is 1. The third-order valence-corrected chi connectivity index (χ3v) is 4.94. The van der Waals surface area contributed by atoms with Crippen LogP contribution in [0.15, 0.2) is 24.3 Å². The van der Waals surface area contributed by atoms with Crippen LogP contribution in [-0.4, -0.2) is 37.0 Å². The molecule has 1 aromatic rings. The molecule has 0 bridgehead atoms. The Morgan fingerprint density at radius 2 is 1.90 bits per heavy atom. The quantitative estimate of drug-likeness (QED) is 0.931. The fourth-order valence-corrected chi connectivity index (χ4v) is 3.70. The monoisotopic (exact) mass is 308 g/mol. The van der Waals surface area contributed by atoms with Crippen molar-refractivity contribution in [3.8, 4) is 0 Å². The van der Waals surface area contributed by atoms with Crippen molar-refractivity contribution in [3.63, 3.8) is 0 Å². The molecular formula is C17H25ClN2O. The predicted octanol–water partition coefficient (Wildman–Crippen LogP) is 2.59. The molecule has 2 saturated heterocycles. The molecule has 2 aliphatic heterocycles. The van der Waals surface area contributed by atoms with E-state index in [4.69, 9.17) is 0 Å². The van der Waals surface area contributed by atoms with Crippen LogP contribution in [0, 0.1) is 18.8 Å². The van der Waals surface area contributed by atoms with Crippen LogP contribution in [-0.2, 0) is 4.79 Å². The first kappa shape index (κ1) is 16.3. The van der Waals surface area contributed by atoms with Gasteiger partial charge in [-0.15, -0.1) is 12.4 Å². The molecule has 3 rings (SSSR count). The van der Waals surface area contributed by atoms with E-state index >= 15 is 0 Å². The summed E-state index contributed by atoms with van der Waals surface area (Å²) in [5, 5.41) is 3.42. The van der Waals surface area contributed by atoms with E-state index in [9.17, 15) is 4.79 Å². The van der Waals surface area contributed by atoms with Crippen molar-refractivity contribution in [1.82, 2.24) is 10.2 Å². The minimum atomic E-state index is 0. The normalized spacial score (nSPS) is 25.3. The zero-order valence-corrected chi connectivity index (χ0v) is 13.7. The van der Waals surface area contributed by atoms with Crippen LogP contribution in [0.4, 0.5) is 0 Å². The molecule has 21 heavy (non-hydrogen) atoms. The summed E-state index contributed by atoms with van der Waals surface area (Å²) in [4.78, 5) is 14.6. The molecule has 2 heterocycles. The van der Waals surface area contributed by atoms with Gasteiger partial charge >= 0.3 is 0 Å². The Morgan fingerprint density at radius 1 is 1.29 bits per heavy atom. The Hall–Kier alpha value is -1.06. The van der Waals surface area contributed by atoms with Gasteiger partial charge in [0.15, 0.2) is 0 Å². The van der Waals surface area contributed by atoms with Crippen molar-refractivity contribution in [2.24, 2.45) is 11.8 Å². The second-order valence-electron chi connectivity index (χ2n) is 6.44. The van der Waals surface area contributed by atoms with Gasteiger partial charge in [0.25, 0.3) is 0 Å². The van der Waals surface area contributed by atoms with E-state index in [-0.39, 0.29) is 12.4 Å². The summed E-state index contributed by atoms with van der Waals surface area (Å²) in [5.41, 5.74) is 2.59. The summed E-state index contributed by atoms with van der Waals surface area (Å²) in [7, 11) is 0. The molecule has 116 valence electrons. The molecule has 0 saturated carbocycles. The standard InChI is InChI=1S/C17H24N2O.ClH/c1-12-5-3-4-6-16(12)13(2)7-17(20)19-10-14-8-18-9-15(14)11-19;/h3-6,13-15,18H,7-11H2,1-2H3;1H/t13?,14-,15+;. The lowest BCUT2D eigenvalue weighted by Gasteiger charge is -2.21. The first-order valence-electron chi connectivity index (χ1n) is 7.69. The van der Waals surface area contributed by atoms with Crippen LogP contribution < -0.4 is 5.32 Å². The Balaban J connectivity index is 0.00000161. The van der Waals surface area contributed by atoms with Gasteiger partial charge in [0.2, 0.25) is 5.91 Å². The highest BCUT2D eigenvalue weighted by molar-refractivity contribution is 5.85. The lowest BCUT2D eigenvalue weighted by molar-refractivity contribution is -0.130. The zero-order chi connectivity index (χ0) is 14.1. The first-order valence-corrected chi connectivity index (χ1v) is 7.69. The Bertz CT molecular complexity index is 493. The van der Waals surface area contributed by atoms with Gasteiger partial charge in [-0.25, -0.2) is 0 Å². The molecule has 1 N–H and O–H groups in total. The van der Waals surface area contributed by atoms with E-state index in [0.717, 1.165) is 26.2 Å². The molecule has 2 fully saturated rings. The number of hydrogen-bond donors (Lipinski definition) is 1. The average Bonchev–Trinajstić information content (AvgIpc) is 2.99. The molecule has 1 unspecified atom stereocenters. The largest absolute Gasteiger partial charge is 0.342 e. The zero-order valence-electron chi connectivity index (χ0n) is 12.8. The maximum absolute atomic E-state index is 12.5. The summed E-state index contributed by atoms with van der Waals surface area (Å²) in [5.74, 6) is 2.01. The van der Waals surface area contributed by atoms with E-state index in [2.05, 4.69) is 48.3 Å². The van der Waals surface area contributed by atoms with E-state index in [0.29, 0.717) is 30.1 Å². The molecule has 0 spiro atoms. The van der Waals surface area contributed by atoms with Gasteiger partial charge in [-0.3, -0.25) is 4.79 Å². The van der Waals surface area contributed by atoms with E-state index < -0.39 is 0 Å². The highest BCUT2D eigenvalue weighted by atomic mass is 35.5. The van der Waals surface area contributed by atoms with Gasteiger partial charge in [-0.05, 0) is 35.8 Å². The van der Waals surface area contributed by atoms with Crippen LogP contribution >= 0.6 is 12.4 Å². The maximum atomic E-state index is 12.5. The van der Waals surface area contributed by atoms with Gasteiger partial charge in [-0.1, -0.05) is 31.2 Å². The SMILES string of the molecule is Cc1ccccc1C(C)CC(=O)N1C[C@H]2CNC[C@H]2C1.Cl. The summed E-state index contributed by atoms with van der Waals surface area (Å²) in [6.07, 6.45) is 0.637. The van der Waals surface area contributed by atoms with Gasteiger partial charge in [0, 0.05) is 32.6 Å². The van der Waals surface area contributed by atoms with Gasteiger partial charge in [0.05, 0.1) is 0 Å². The average molecular weight is 309 g/mol. The Kier molecular flexibility index (Phi) is 5.28. The molecule has 3 nitrogen and oxygen atoms in total. The van der Waals surface area contributed by atoms with Crippen LogP contribution in [0.5, 0.6) is 0 Å². The number of benzene rings is 1. The first-order chi connectivity index (χ1) is 9.65. The molecule has 3 atom stereocenters. The Morgan fingerprint density at radius 3 is 2.52 bits per heavy atom. The minimum Gasteiger partial charge on any atom is -0.342 e. The summed E-state index contributed by atoms with van der Waals surface area (Å²) in [6, 6.07) is 8.40. The Labute approximate surface area is 133 Å². The van der Waals surface area contributed by atoms with Crippen LogP contribution in [0.3, 0.4) is 0 Å². The minimum absolute atomic E-state index is 0. The van der Waals surface area contributed by atoms with E-state index in [1.165, 1.54) is 11.1 Å². The number of rotatable bonds is 3. The van der Waals surface area contributed by atoms with Crippen molar-refractivity contribution < 1.29 is 4.79 Å². The van der Waals surface area contributed by atoms with Gasteiger partial charge < -0.3 is 10.2 Å². The van der Waals surface area contributed by atoms with Crippen LogP contribution in [0.2, 0.25) is 0 Å². The number of amides is 1. The molecule has 4 heteroatoms. The molecule has 0 aliphatic carbocycles. The van der Waals surface area contributed by atoms with Crippen molar-refractivity contribution >= 4 is 18.3 Å². The van der Waals surface area contributed by atoms with E-state index in [1.807, 2.05) is 0 Å². The number of aryl methyl sites for hydroxylation is 1. The second-order valence-corrected chi connectivity index (χ2v) is 6.44. The van der Waals surface area contributed by atoms with E-state index in [1.54, 1.807) is 0 Å². The predicted molar refractivity (Wildman–Crippen MR) is 87.9 cm³/mol. The molecule has 0 aromatic heterocycles. The fraction of sp³-hybridized carbons (Fsp3) is 0.588. The summed E-state index contributed by atoms with van der Waals surface area (Å²) < 4.78 is 0. The van der Waals surface area contributed by atoms with Crippen LogP contribution in [0.1, 0.15) is 30.4 Å². The molecule has 1 aromatic carbocycles. The number of nitrogens with one attached hydrogen (secondary N) is 1. The van der Waals surface area contributed by atoms with Crippen molar-refractivity contribution in [1.29, 1.82) is 0 Å². The number of hydrogen-bond acceptors (Lipinski definition) is 2. The number of fused-ring (bicyclic) bond motifs is 1. The second kappa shape index (κ2) is 6.80. The number of likely N-dealkylation sites (tertiary alicyclic amines) is 1. The molecule has 2 aliphatic rings. The summed E-state index contributed by atoms with van der Waals surface area (Å²) in [6.45, 7) is 8.37. The number of halogens is 1. The number of nitrogens with zero attached hydrogens (tertiary/aromatic N) is 1. The lowest BCUT2D eigenvalue weighted by Crippen LogP contribution is -2.32.